The number of allylic oxidation sites excluding steroid dienone is 3. The van der Waals surface area contributed by atoms with Gasteiger partial charge in [0, 0.05) is 5.56 Å². The van der Waals surface area contributed by atoms with Crippen molar-refractivity contribution >= 4 is 29.0 Å². The van der Waals surface area contributed by atoms with Crippen LogP contribution in [0.4, 0.5) is 13.2 Å². The van der Waals surface area contributed by atoms with Crippen LogP contribution in [0, 0.1) is 0 Å². The molecule has 1 aliphatic heterocycles. The predicted molar refractivity (Wildman–Crippen MR) is 102 cm³/mol. The highest BCUT2D eigenvalue weighted by Crippen LogP contribution is 2.43. The van der Waals surface area contributed by atoms with E-state index >= 15 is 0 Å². The molecule has 1 aromatic rings. The number of hydrogen-bond donors (Lipinski definition) is 2. The summed E-state index contributed by atoms with van der Waals surface area (Å²) in [6.07, 6.45) is 2.19. The summed E-state index contributed by atoms with van der Waals surface area (Å²) in [6, 6.07) is 4.94. The fourth-order valence-electron chi connectivity index (χ4n) is 3.43. The molecule has 2 atom stereocenters. The molecular weight excluding hydrogens is 409 g/mol. The second-order valence-corrected chi connectivity index (χ2v) is 7.52. The Morgan fingerprint density at radius 3 is 2.69 bits per heavy atom. The average Bonchev–Trinajstić information content (AvgIpc) is 2.68. The molecule has 3 rings (SSSR count). The van der Waals surface area contributed by atoms with Crippen LogP contribution in [0.2, 0.25) is 0 Å². The molecule has 0 bridgehead atoms. The largest absolute Gasteiger partial charge is 0.573 e. The molecule has 0 saturated carbocycles. The van der Waals surface area contributed by atoms with Gasteiger partial charge < -0.3 is 10.1 Å². The summed E-state index contributed by atoms with van der Waals surface area (Å²) in [5, 5.41) is 5.35. The number of ether oxygens (including phenoxy) is 1. The number of piperidine rings is 1. The van der Waals surface area contributed by atoms with Crippen LogP contribution in [0.1, 0.15) is 31.2 Å². The zero-order valence-corrected chi connectivity index (χ0v) is 16.1. The quantitative estimate of drug-likeness (QED) is 0.567. The van der Waals surface area contributed by atoms with Crippen molar-refractivity contribution in [3.05, 3.63) is 48.1 Å². The number of alkyl halides is 4. The number of carbonyl (C=O) groups is 2. The van der Waals surface area contributed by atoms with Crippen LogP contribution < -0.4 is 15.4 Å². The van der Waals surface area contributed by atoms with E-state index < -0.39 is 34.8 Å². The van der Waals surface area contributed by atoms with Gasteiger partial charge in [-0.25, -0.2) is 0 Å². The molecular formula is C20H20ClF3N2O3. The van der Waals surface area contributed by atoms with Gasteiger partial charge in [0.05, 0.1) is 6.04 Å². The van der Waals surface area contributed by atoms with Crippen molar-refractivity contribution in [2.24, 2.45) is 0 Å². The molecule has 0 spiro atoms. The van der Waals surface area contributed by atoms with Crippen LogP contribution in [0.5, 0.6) is 5.75 Å². The average molecular weight is 429 g/mol. The van der Waals surface area contributed by atoms with Crippen molar-refractivity contribution in [2.45, 2.75) is 43.0 Å². The molecule has 156 valence electrons. The smallest absolute Gasteiger partial charge is 0.405 e. The molecule has 1 saturated heterocycles. The highest BCUT2D eigenvalue weighted by atomic mass is 35.5. The highest BCUT2D eigenvalue weighted by molar-refractivity contribution is 6.43. The molecule has 2 amide bonds. The van der Waals surface area contributed by atoms with Crippen LogP contribution in [0.3, 0.4) is 0 Å². The van der Waals surface area contributed by atoms with Gasteiger partial charge in [0.1, 0.15) is 5.75 Å². The third-order valence-corrected chi connectivity index (χ3v) is 5.38. The predicted octanol–water partition coefficient (Wildman–Crippen LogP) is 3.69. The normalized spacial score (nSPS) is 24.6. The Morgan fingerprint density at radius 1 is 1.24 bits per heavy atom. The topological polar surface area (TPSA) is 67.4 Å². The fourth-order valence-corrected chi connectivity index (χ4v) is 3.73. The number of benzene rings is 1. The lowest BCUT2D eigenvalue weighted by Gasteiger charge is -2.31. The zero-order valence-electron chi connectivity index (χ0n) is 15.4. The van der Waals surface area contributed by atoms with Gasteiger partial charge in [-0.05, 0) is 37.4 Å². The summed E-state index contributed by atoms with van der Waals surface area (Å²) in [5.41, 5.74) is 0.158. The lowest BCUT2D eigenvalue weighted by atomic mass is 9.84. The summed E-state index contributed by atoms with van der Waals surface area (Å²) >= 11 is 6.61. The molecule has 9 heteroatoms. The fraction of sp³-hybridized carbons (Fsp3) is 0.400. The standard InChI is InChI=1S/C20H20ClF3N2O3/c21-19(18(28)26-17(27)15-9-4-6-12-25-15)11-5-3-8-14(19)13-7-1-2-10-16(13)29-20(22,23)24/h1-3,5,7-8,10,15,25H,4,6,9,11-12H2,(H,26,27,28). The van der Waals surface area contributed by atoms with Crippen molar-refractivity contribution in [1.82, 2.24) is 10.6 Å². The van der Waals surface area contributed by atoms with Gasteiger partial charge in [-0.1, -0.05) is 42.8 Å². The zero-order chi connectivity index (χ0) is 21.1. The molecule has 1 aliphatic carbocycles. The van der Waals surface area contributed by atoms with E-state index in [2.05, 4.69) is 15.4 Å². The van der Waals surface area contributed by atoms with E-state index in [-0.39, 0.29) is 17.6 Å². The minimum Gasteiger partial charge on any atom is -0.405 e. The second-order valence-electron chi connectivity index (χ2n) is 6.88. The van der Waals surface area contributed by atoms with Gasteiger partial charge in [0.25, 0.3) is 5.91 Å². The van der Waals surface area contributed by atoms with Crippen LogP contribution >= 0.6 is 11.6 Å². The Kier molecular flexibility index (Phi) is 6.33. The number of para-hydroxylation sites is 1. The van der Waals surface area contributed by atoms with Crippen molar-refractivity contribution in [1.29, 1.82) is 0 Å². The maximum Gasteiger partial charge on any atom is 0.573 e. The molecule has 29 heavy (non-hydrogen) atoms. The maximum atomic E-state index is 12.9. The van der Waals surface area contributed by atoms with Gasteiger partial charge in [0.2, 0.25) is 5.91 Å². The van der Waals surface area contributed by atoms with E-state index in [1.165, 1.54) is 24.3 Å². The third-order valence-electron chi connectivity index (χ3n) is 4.85. The van der Waals surface area contributed by atoms with Crippen LogP contribution in [-0.4, -0.2) is 35.6 Å². The van der Waals surface area contributed by atoms with Gasteiger partial charge in [-0.15, -0.1) is 24.8 Å². The first-order valence-electron chi connectivity index (χ1n) is 9.21. The third kappa shape index (κ3) is 5.00. The summed E-state index contributed by atoms with van der Waals surface area (Å²) in [6.45, 7) is 0.675. The minimum atomic E-state index is -4.90. The summed E-state index contributed by atoms with van der Waals surface area (Å²) in [5.74, 6) is -1.75. The number of halogens is 4. The van der Waals surface area contributed by atoms with E-state index in [1.807, 2.05) is 0 Å². The van der Waals surface area contributed by atoms with Crippen molar-refractivity contribution < 1.29 is 27.5 Å². The number of nitrogens with one attached hydrogen (secondary N) is 2. The van der Waals surface area contributed by atoms with Crippen molar-refractivity contribution in [2.75, 3.05) is 6.54 Å². The second kappa shape index (κ2) is 8.59. The molecule has 1 fully saturated rings. The van der Waals surface area contributed by atoms with Crippen molar-refractivity contribution in [3.8, 4) is 5.75 Å². The van der Waals surface area contributed by atoms with E-state index in [0.717, 1.165) is 18.9 Å². The Hall–Kier alpha value is -2.32. The molecule has 5 nitrogen and oxygen atoms in total. The molecule has 0 radical (unpaired) electrons. The monoisotopic (exact) mass is 428 g/mol. The number of amides is 2. The first-order chi connectivity index (χ1) is 13.7. The number of hydrogen-bond acceptors (Lipinski definition) is 4. The van der Waals surface area contributed by atoms with Gasteiger partial charge >= 0.3 is 6.36 Å². The Morgan fingerprint density at radius 2 is 2.00 bits per heavy atom. The summed E-state index contributed by atoms with van der Waals surface area (Å²) < 4.78 is 42.5. The van der Waals surface area contributed by atoms with Gasteiger partial charge in [0.15, 0.2) is 4.87 Å². The van der Waals surface area contributed by atoms with Crippen LogP contribution in [0.25, 0.3) is 5.57 Å². The van der Waals surface area contributed by atoms with Crippen LogP contribution in [0.15, 0.2) is 42.5 Å². The minimum absolute atomic E-state index is 0.0119. The lowest BCUT2D eigenvalue weighted by Crippen LogP contribution is -2.53. The first-order valence-corrected chi connectivity index (χ1v) is 9.58. The highest BCUT2D eigenvalue weighted by Gasteiger charge is 2.44. The molecule has 1 heterocycles. The number of rotatable bonds is 4. The summed E-state index contributed by atoms with van der Waals surface area (Å²) in [7, 11) is 0. The lowest BCUT2D eigenvalue weighted by molar-refractivity contribution is -0.274. The Labute approximate surface area is 170 Å². The molecule has 0 aromatic heterocycles. The molecule has 2 unspecified atom stereocenters. The SMILES string of the molecule is O=C(NC(=O)C1(Cl)CC=CC=C1c1ccccc1OC(F)(F)F)C1CCCCN1. The van der Waals surface area contributed by atoms with Gasteiger partial charge in [-0.2, -0.15) is 0 Å². The van der Waals surface area contributed by atoms with E-state index in [0.29, 0.717) is 13.0 Å². The molecule has 2 aliphatic rings. The molecule has 1 aromatic carbocycles. The molecule has 2 N–H and O–H groups in total. The van der Waals surface area contributed by atoms with E-state index in [9.17, 15) is 22.8 Å². The van der Waals surface area contributed by atoms with Gasteiger partial charge in [-0.3, -0.25) is 14.9 Å². The summed E-state index contributed by atoms with van der Waals surface area (Å²) in [4.78, 5) is 23.6. The van der Waals surface area contributed by atoms with E-state index in [1.54, 1.807) is 12.2 Å². The Bertz CT molecular complexity index is 848. The number of imide groups is 1. The van der Waals surface area contributed by atoms with Crippen molar-refractivity contribution in [3.63, 3.8) is 0 Å². The van der Waals surface area contributed by atoms with Crippen LogP contribution in [-0.2, 0) is 9.59 Å². The maximum absolute atomic E-state index is 12.9. The Balaban J connectivity index is 1.87. The number of carbonyl (C=O) groups excluding carboxylic acids is 2. The first kappa shape index (κ1) is 21.4. The van der Waals surface area contributed by atoms with E-state index in [4.69, 9.17) is 11.6 Å².